The van der Waals surface area contributed by atoms with E-state index in [2.05, 4.69) is 15.3 Å². The van der Waals surface area contributed by atoms with Gasteiger partial charge in [0.1, 0.15) is 11.5 Å². The van der Waals surface area contributed by atoms with Crippen LogP contribution in [0.15, 0.2) is 35.3 Å². The molecule has 0 aliphatic carbocycles. The van der Waals surface area contributed by atoms with Gasteiger partial charge in [-0.2, -0.15) is 13.2 Å². The van der Waals surface area contributed by atoms with Gasteiger partial charge in [0.15, 0.2) is 0 Å². The van der Waals surface area contributed by atoms with Gasteiger partial charge < -0.3 is 15.0 Å². The molecule has 3 heterocycles. The van der Waals surface area contributed by atoms with Crippen LogP contribution in [0.2, 0.25) is 0 Å². The predicted molar refractivity (Wildman–Crippen MR) is 129 cm³/mol. The van der Waals surface area contributed by atoms with Crippen LogP contribution in [-0.4, -0.2) is 50.6 Å². The Hall–Kier alpha value is -3.47. The minimum atomic E-state index is -4.64. The van der Waals surface area contributed by atoms with Gasteiger partial charge >= 0.3 is 6.18 Å². The summed E-state index contributed by atoms with van der Waals surface area (Å²) in [5.74, 6) is 0.0883. The van der Waals surface area contributed by atoms with Crippen LogP contribution in [0.5, 0.6) is 0 Å². The fourth-order valence-corrected chi connectivity index (χ4v) is 4.49. The van der Waals surface area contributed by atoms with Crippen molar-refractivity contribution in [3.05, 3.63) is 63.5 Å². The first-order valence-electron chi connectivity index (χ1n) is 11.6. The molecular formula is C25H28F3N5O3. The molecule has 1 amide bonds. The van der Waals surface area contributed by atoms with Crippen LogP contribution in [-0.2, 0) is 18.0 Å². The Morgan fingerprint density at radius 2 is 1.86 bits per heavy atom. The maximum Gasteiger partial charge on any atom is 0.416 e. The number of amides is 1. The second-order valence-electron chi connectivity index (χ2n) is 9.24. The lowest BCUT2D eigenvalue weighted by molar-refractivity contribution is -0.138. The number of nitrogens with zero attached hydrogens (tertiary/aromatic N) is 4. The van der Waals surface area contributed by atoms with Gasteiger partial charge in [-0.3, -0.25) is 14.2 Å². The molecule has 3 aromatic rings. The average Bonchev–Trinajstić information content (AvgIpc) is 2.81. The Morgan fingerprint density at radius 3 is 2.44 bits per heavy atom. The van der Waals surface area contributed by atoms with Crippen LogP contribution in [0.3, 0.4) is 0 Å². The highest BCUT2D eigenvalue weighted by molar-refractivity contribution is 5.92. The zero-order valence-electron chi connectivity index (χ0n) is 20.7. The monoisotopic (exact) mass is 503 g/mol. The average molecular weight is 504 g/mol. The number of fused-ring (bicyclic) bond motifs is 1. The second kappa shape index (κ2) is 9.53. The van der Waals surface area contributed by atoms with Crippen LogP contribution in [0.25, 0.3) is 10.9 Å². The van der Waals surface area contributed by atoms with Gasteiger partial charge in [-0.25, -0.2) is 9.97 Å². The first kappa shape index (κ1) is 25.6. The number of ether oxygens (including phenoxy) is 1. The normalized spacial score (nSPS) is 19.4. The van der Waals surface area contributed by atoms with Gasteiger partial charge in [-0.1, -0.05) is 0 Å². The molecule has 1 aromatic carbocycles. The van der Waals surface area contributed by atoms with Crippen molar-refractivity contribution in [3.63, 3.8) is 0 Å². The minimum absolute atomic E-state index is 0.00448. The summed E-state index contributed by atoms with van der Waals surface area (Å²) >= 11 is 0. The number of halogens is 3. The Bertz CT molecular complexity index is 1340. The molecule has 11 heteroatoms. The molecule has 8 nitrogen and oxygen atoms in total. The molecule has 0 bridgehead atoms. The largest absolute Gasteiger partial charge is 0.416 e. The quantitative estimate of drug-likeness (QED) is 0.577. The molecule has 1 aliphatic heterocycles. The van der Waals surface area contributed by atoms with E-state index in [0.29, 0.717) is 24.6 Å². The lowest BCUT2D eigenvalue weighted by Gasteiger charge is -2.35. The number of benzene rings is 1. The number of nitrogens with one attached hydrogen (secondary N) is 1. The third-order valence-corrected chi connectivity index (χ3v) is 6.32. The Morgan fingerprint density at radius 1 is 1.19 bits per heavy atom. The molecule has 3 atom stereocenters. The lowest BCUT2D eigenvalue weighted by Crippen LogP contribution is -2.48. The number of morpholine rings is 1. The molecule has 36 heavy (non-hydrogen) atoms. The topological polar surface area (TPSA) is 89.4 Å². The van der Waals surface area contributed by atoms with Crippen molar-refractivity contribution < 1.29 is 22.7 Å². The highest BCUT2D eigenvalue weighted by Gasteiger charge is 2.35. The van der Waals surface area contributed by atoms with E-state index in [-0.39, 0.29) is 40.3 Å². The van der Waals surface area contributed by atoms with Crippen molar-refractivity contribution in [1.29, 1.82) is 0 Å². The summed E-state index contributed by atoms with van der Waals surface area (Å²) in [5.41, 5.74) is -0.710. The van der Waals surface area contributed by atoms with Crippen LogP contribution in [0, 0.1) is 6.92 Å². The van der Waals surface area contributed by atoms with Gasteiger partial charge in [-0.15, -0.1) is 0 Å². The summed E-state index contributed by atoms with van der Waals surface area (Å²) in [4.78, 5) is 35.6. The molecule has 0 saturated carbocycles. The van der Waals surface area contributed by atoms with Crippen LogP contribution >= 0.6 is 0 Å². The first-order valence-corrected chi connectivity index (χ1v) is 11.6. The highest BCUT2D eigenvalue weighted by atomic mass is 19.4. The standard InChI is InChI=1S/C25H28F3N5O3/c1-13-11-33(12-14(2)36-13)24(35)21-7-6-17(10-29-21)30-15(3)18-8-19-22(9-20(18)25(26,27)28)31-16(4)32(5)23(19)34/h6-10,13-15,30H,11-12H2,1-5H3. The highest BCUT2D eigenvalue weighted by Crippen LogP contribution is 2.37. The zero-order chi connectivity index (χ0) is 26.4. The van der Waals surface area contributed by atoms with Crippen molar-refractivity contribution in [2.45, 2.75) is 52.1 Å². The molecular weight excluding hydrogens is 475 g/mol. The van der Waals surface area contributed by atoms with Crippen molar-refractivity contribution in [2.24, 2.45) is 7.05 Å². The number of aryl methyl sites for hydroxylation is 1. The molecule has 1 N–H and O–H groups in total. The van der Waals surface area contributed by atoms with Crippen molar-refractivity contribution in [2.75, 3.05) is 18.4 Å². The number of hydrogen-bond acceptors (Lipinski definition) is 6. The number of aromatic nitrogens is 3. The van der Waals surface area contributed by atoms with Crippen molar-refractivity contribution in [1.82, 2.24) is 19.4 Å². The molecule has 0 radical (unpaired) electrons. The summed E-state index contributed by atoms with van der Waals surface area (Å²) in [5, 5.41) is 3.11. The van der Waals surface area contributed by atoms with E-state index in [9.17, 15) is 22.8 Å². The fourth-order valence-electron chi connectivity index (χ4n) is 4.49. The van der Waals surface area contributed by atoms with E-state index < -0.39 is 23.3 Å². The Balaban J connectivity index is 1.61. The maximum absolute atomic E-state index is 13.9. The maximum atomic E-state index is 13.9. The van der Waals surface area contributed by atoms with Gasteiger partial charge in [0.25, 0.3) is 11.5 Å². The van der Waals surface area contributed by atoms with E-state index >= 15 is 0 Å². The summed E-state index contributed by atoms with van der Waals surface area (Å²) in [6.45, 7) is 7.83. The number of carbonyl (C=O) groups is 1. The van der Waals surface area contributed by atoms with E-state index in [0.717, 1.165) is 6.07 Å². The number of anilines is 1. The molecule has 3 unspecified atom stereocenters. The Labute approximate surface area is 206 Å². The van der Waals surface area contributed by atoms with E-state index in [4.69, 9.17) is 4.74 Å². The van der Waals surface area contributed by atoms with E-state index in [1.165, 1.54) is 29.9 Å². The molecule has 192 valence electrons. The first-order chi connectivity index (χ1) is 16.8. The van der Waals surface area contributed by atoms with Gasteiger partial charge in [-0.05, 0) is 57.5 Å². The summed E-state index contributed by atoms with van der Waals surface area (Å²) < 4.78 is 48.7. The molecule has 4 rings (SSSR count). The van der Waals surface area contributed by atoms with Crippen molar-refractivity contribution >= 4 is 22.5 Å². The van der Waals surface area contributed by atoms with E-state index in [1.54, 1.807) is 24.8 Å². The summed E-state index contributed by atoms with van der Waals surface area (Å²) in [6.07, 6.45) is -3.40. The van der Waals surface area contributed by atoms with E-state index in [1.807, 2.05) is 13.8 Å². The van der Waals surface area contributed by atoms with Crippen LogP contribution < -0.4 is 10.9 Å². The van der Waals surface area contributed by atoms with Gasteiger partial charge in [0, 0.05) is 26.2 Å². The molecule has 0 spiro atoms. The van der Waals surface area contributed by atoms with Crippen molar-refractivity contribution in [3.8, 4) is 0 Å². The second-order valence-corrected chi connectivity index (χ2v) is 9.24. The minimum Gasteiger partial charge on any atom is -0.377 e. The summed E-state index contributed by atoms with van der Waals surface area (Å²) in [6, 6.07) is 4.48. The smallest absolute Gasteiger partial charge is 0.377 e. The third kappa shape index (κ3) is 5.06. The molecule has 2 aromatic heterocycles. The summed E-state index contributed by atoms with van der Waals surface area (Å²) in [7, 11) is 1.52. The third-order valence-electron chi connectivity index (χ3n) is 6.32. The fraction of sp³-hybridized carbons (Fsp3) is 0.440. The van der Waals surface area contributed by atoms with Gasteiger partial charge in [0.05, 0.1) is 40.6 Å². The molecule has 1 aliphatic rings. The predicted octanol–water partition coefficient (Wildman–Crippen LogP) is 4.08. The number of hydrogen-bond donors (Lipinski definition) is 1. The zero-order valence-corrected chi connectivity index (χ0v) is 20.7. The molecule has 1 saturated heterocycles. The SMILES string of the molecule is Cc1nc2cc(C(F)(F)F)c(C(C)Nc3ccc(C(=O)N4CC(C)OC(C)C4)nc3)cc2c(=O)n1C. The number of pyridine rings is 1. The number of carbonyl (C=O) groups excluding carboxylic acids is 1. The number of alkyl halides is 3. The van der Waals surface area contributed by atoms with Gasteiger partial charge in [0.2, 0.25) is 0 Å². The Kier molecular flexibility index (Phi) is 6.78. The number of rotatable bonds is 4. The lowest BCUT2D eigenvalue weighted by atomic mass is 9.98. The molecule has 1 fully saturated rings. The van der Waals surface area contributed by atoms with Crippen LogP contribution in [0.1, 0.15) is 54.3 Å². The van der Waals surface area contributed by atoms with Crippen LogP contribution in [0.4, 0.5) is 18.9 Å².